The van der Waals surface area contributed by atoms with Crippen LogP contribution in [0.5, 0.6) is 0 Å². The summed E-state index contributed by atoms with van der Waals surface area (Å²) in [5.74, 6) is -0.208. The average Bonchev–Trinajstić information content (AvgIpc) is 2.94. The van der Waals surface area contributed by atoms with Crippen LogP contribution in [-0.4, -0.2) is 54.9 Å². The Bertz CT molecular complexity index is 421. The van der Waals surface area contributed by atoms with Gasteiger partial charge in [-0.1, -0.05) is 0 Å². The fourth-order valence-corrected chi connectivity index (χ4v) is 2.45. The van der Waals surface area contributed by atoms with Gasteiger partial charge in [0.05, 0.1) is 19.1 Å². The Morgan fingerprint density at radius 1 is 1.60 bits per heavy atom. The van der Waals surface area contributed by atoms with Crippen LogP contribution >= 0.6 is 0 Å². The second-order valence-electron chi connectivity index (χ2n) is 5.16. The number of nitrogens with one attached hydrogen (secondary N) is 1. The molecule has 2 heterocycles. The Hall–Kier alpha value is -1.37. The first-order chi connectivity index (χ1) is 9.65. The largest absolute Gasteiger partial charge is 0.472 e. The highest BCUT2D eigenvalue weighted by Crippen LogP contribution is 2.22. The third-order valence-electron chi connectivity index (χ3n) is 3.60. The van der Waals surface area contributed by atoms with E-state index in [9.17, 15) is 9.90 Å². The number of amides is 1. The van der Waals surface area contributed by atoms with Crippen molar-refractivity contribution in [1.82, 2.24) is 10.2 Å². The van der Waals surface area contributed by atoms with Crippen molar-refractivity contribution in [3.8, 4) is 0 Å². The summed E-state index contributed by atoms with van der Waals surface area (Å²) < 4.78 is 9.96. The van der Waals surface area contributed by atoms with E-state index >= 15 is 0 Å². The van der Waals surface area contributed by atoms with Crippen LogP contribution in [0.4, 0.5) is 0 Å². The topological polar surface area (TPSA) is 74.9 Å². The molecule has 1 aliphatic rings. The van der Waals surface area contributed by atoms with E-state index in [0.717, 1.165) is 12.0 Å². The van der Waals surface area contributed by atoms with Gasteiger partial charge in [0.1, 0.15) is 0 Å². The van der Waals surface area contributed by atoms with Crippen molar-refractivity contribution < 1.29 is 19.1 Å². The number of nitrogens with zero attached hydrogens (tertiary/aromatic N) is 1. The second kappa shape index (κ2) is 6.88. The van der Waals surface area contributed by atoms with Crippen LogP contribution in [0.3, 0.4) is 0 Å². The molecule has 1 aromatic heterocycles. The number of methoxy groups -OCH3 is 1. The molecule has 1 saturated heterocycles. The van der Waals surface area contributed by atoms with Gasteiger partial charge in [-0.05, 0) is 18.9 Å². The zero-order valence-corrected chi connectivity index (χ0v) is 11.8. The Balaban J connectivity index is 1.85. The molecule has 6 heteroatoms. The second-order valence-corrected chi connectivity index (χ2v) is 5.16. The van der Waals surface area contributed by atoms with Gasteiger partial charge in [0.15, 0.2) is 5.60 Å². The average molecular weight is 282 g/mol. The molecule has 6 nitrogen and oxygen atoms in total. The Kier molecular flexibility index (Phi) is 5.17. The lowest BCUT2D eigenvalue weighted by Crippen LogP contribution is -2.58. The minimum Gasteiger partial charge on any atom is -0.472 e. The first-order valence-electron chi connectivity index (χ1n) is 6.88. The molecule has 1 atom stereocenters. The van der Waals surface area contributed by atoms with Gasteiger partial charge in [0.2, 0.25) is 0 Å². The number of likely N-dealkylation sites (tertiary alicyclic amines) is 1. The first kappa shape index (κ1) is 15.0. The lowest BCUT2D eigenvalue weighted by Gasteiger charge is -2.38. The number of carbonyl (C=O) groups is 1. The van der Waals surface area contributed by atoms with Gasteiger partial charge in [-0.25, -0.2) is 0 Å². The number of furan rings is 1. The molecule has 112 valence electrons. The van der Waals surface area contributed by atoms with Crippen LogP contribution in [0.1, 0.15) is 18.4 Å². The zero-order chi connectivity index (χ0) is 14.4. The van der Waals surface area contributed by atoms with Crippen LogP contribution in [0.2, 0.25) is 0 Å². The highest BCUT2D eigenvalue weighted by atomic mass is 16.5. The van der Waals surface area contributed by atoms with E-state index in [1.807, 2.05) is 6.07 Å². The van der Waals surface area contributed by atoms with Crippen LogP contribution in [0.25, 0.3) is 0 Å². The highest BCUT2D eigenvalue weighted by Gasteiger charge is 2.41. The predicted octanol–water partition coefficient (Wildman–Crippen LogP) is 0.369. The molecule has 0 saturated carbocycles. The van der Waals surface area contributed by atoms with Crippen LogP contribution < -0.4 is 5.32 Å². The fraction of sp³-hybridized carbons (Fsp3) is 0.643. The van der Waals surface area contributed by atoms with Gasteiger partial charge < -0.3 is 24.5 Å². The van der Waals surface area contributed by atoms with Crippen LogP contribution in [0, 0.1) is 0 Å². The Morgan fingerprint density at radius 3 is 3.15 bits per heavy atom. The highest BCUT2D eigenvalue weighted by molar-refractivity contribution is 5.86. The monoisotopic (exact) mass is 282 g/mol. The van der Waals surface area contributed by atoms with Crippen molar-refractivity contribution in [2.75, 3.05) is 33.4 Å². The standard InChI is InChI=1S/C14H22N2O4/c1-19-8-6-16-5-2-4-14(18,13(16)17)11-15-9-12-3-7-20-10-12/h3,7,10,15,18H,2,4-6,8-9,11H2,1H3. The maximum Gasteiger partial charge on any atom is 0.255 e. The summed E-state index contributed by atoms with van der Waals surface area (Å²) in [5.41, 5.74) is -0.316. The van der Waals surface area contributed by atoms with Crippen molar-refractivity contribution in [2.24, 2.45) is 0 Å². The molecule has 0 aliphatic carbocycles. The number of carbonyl (C=O) groups excluding carboxylic acids is 1. The molecule has 0 bridgehead atoms. The number of hydrogen-bond donors (Lipinski definition) is 2. The van der Waals surface area contributed by atoms with Crippen LogP contribution in [-0.2, 0) is 16.1 Å². The van der Waals surface area contributed by atoms with Crippen molar-refractivity contribution in [1.29, 1.82) is 0 Å². The number of ether oxygens (including phenoxy) is 1. The number of piperidine rings is 1. The summed E-state index contributed by atoms with van der Waals surface area (Å²) in [6.45, 7) is 2.53. The predicted molar refractivity (Wildman–Crippen MR) is 73.1 cm³/mol. The lowest BCUT2D eigenvalue weighted by atomic mass is 9.91. The molecule has 0 radical (unpaired) electrons. The number of aliphatic hydroxyl groups is 1. The van der Waals surface area contributed by atoms with E-state index in [4.69, 9.17) is 9.15 Å². The Labute approximate surface area is 118 Å². The fourth-order valence-electron chi connectivity index (χ4n) is 2.45. The van der Waals surface area contributed by atoms with E-state index < -0.39 is 5.60 Å². The molecule has 1 amide bonds. The maximum atomic E-state index is 12.3. The van der Waals surface area contributed by atoms with E-state index in [2.05, 4.69) is 5.32 Å². The molecule has 2 rings (SSSR count). The van der Waals surface area contributed by atoms with Crippen molar-refractivity contribution >= 4 is 5.91 Å². The third-order valence-corrected chi connectivity index (χ3v) is 3.60. The number of rotatable bonds is 7. The van der Waals surface area contributed by atoms with E-state index in [0.29, 0.717) is 32.7 Å². The Morgan fingerprint density at radius 2 is 2.45 bits per heavy atom. The SMILES string of the molecule is COCCN1CCCC(O)(CNCc2ccoc2)C1=O. The summed E-state index contributed by atoms with van der Waals surface area (Å²) in [4.78, 5) is 14.0. The summed E-state index contributed by atoms with van der Waals surface area (Å²) in [6.07, 6.45) is 4.54. The normalized spacial score (nSPS) is 23.3. The summed E-state index contributed by atoms with van der Waals surface area (Å²) in [5, 5.41) is 13.6. The molecule has 1 aliphatic heterocycles. The van der Waals surface area contributed by atoms with Gasteiger partial charge in [-0.15, -0.1) is 0 Å². The van der Waals surface area contributed by atoms with Crippen molar-refractivity contribution in [3.05, 3.63) is 24.2 Å². The minimum absolute atomic E-state index is 0.208. The molecule has 1 fully saturated rings. The van der Waals surface area contributed by atoms with E-state index in [1.165, 1.54) is 0 Å². The van der Waals surface area contributed by atoms with Gasteiger partial charge in [0, 0.05) is 38.9 Å². The molecule has 20 heavy (non-hydrogen) atoms. The van der Waals surface area contributed by atoms with Crippen molar-refractivity contribution in [3.63, 3.8) is 0 Å². The molecular weight excluding hydrogens is 260 g/mol. The molecule has 0 aromatic carbocycles. The van der Waals surface area contributed by atoms with Crippen LogP contribution in [0.15, 0.2) is 23.0 Å². The minimum atomic E-state index is -1.31. The smallest absolute Gasteiger partial charge is 0.255 e. The maximum absolute atomic E-state index is 12.3. The molecule has 1 aromatic rings. The molecule has 2 N–H and O–H groups in total. The van der Waals surface area contributed by atoms with Gasteiger partial charge in [-0.2, -0.15) is 0 Å². The first-order valence-corrected chi connectivity index (χ1v) is 6.88. The molecule has 0 spiro atoms. The quantitative estimate of drug-likeness (QED) is 0.756. The van der Waals surface area contributed by atoms with E-state index in [1.54, 1.807) is 24.5 Å². The van der Waals surface area contributed by atoms with Gasteiger partial charge in [-0.3, -0.25) is 4.79 Å². The summed E-state index contributed by atoms with van der Waals surface area (Å²) in [7, 11) is 1.60. The zero-order valence-electron chi connectivity index (χ0n) is 11.8. The van der Waals surface area contributed by atoms with Gasteiger partial charge >= 0.3 is 0 Å². The van der Waals surface area contributed by atoms with Gasteiger partial charge in [0.25, 0.3) is 5.91 Å². The lowest BCUT2D eigenvalue weighted by molar-refractivity contribution is -0.157. The number of hydrogen-bond acceptors (Lipinski definition) is 5. The third kappa shape index (κ3) is 3.59. The molecule has 1 unspecified atom stereocenters. The summed E-state index contributed by atoms with van der Waals surface area (Å²) >= 11 is 0. The molecular formula is C14H22N2O4. The summed E-state index contributed by atoms with van der Waals surface area (Å²) in [6, 6.07) is 1.85. The van der Waals surface area contributed by atoms with E-state index in [-0.39, 0.29) is 12.5 Å². The van der Waals surface area contributed by atoms with Crippen molar-refractivity contribution in [2.45, 2.75) is 25.0 Å².